The minimum absolute atomic E-state index is 0.307. The predicted octanol–water partition coefficient (Wildman–Crippen LogP) is 4.43. The van der Waals surface area contributed by atoms with Crippen molar-refractivity contribution in [3.63, 3.8) is 0 Å². The van der Waals surface area contributed by atoms with E-state index in [1.807, 2.05) is 54.6 Å². The van der Waals surface area contributed by atoms with E-state index < -0.39 is 6.17 Å². The molecule has 0 saturated carbocycles. The van der Waals surface area contributed by atoms with Crippen LogP contribution in [0.1, 0.15) is 5.56 Å². The summed E-state index contributed by atoms with van der Waals surface area (Å²) in [6.45, 7) is 7.04. The average molecular weight is 672 g/mol. The van der Waals surface area contributed by atoms with E-state index in [9.17, 15) is 4.79 Å². The molecule has 6 aromatic rings. The maximum atomic E-state index is 12.0. The molecule has 18 nitrogen and oxygen atoms in total. The van der Waals surface area contributed by atoms with Crippen molar-refractivity contribution in [1.29, 1.82) is 5.26 Å². The first-order valence-electron chi connectivity index (χ1n) is 14.6. The number of carbonyl (C=O) groups excluding carboxylic acids is 1. The zero-order valence-corrected chi connectivity index (χ0v) is 26.4. The van der Waals surface area contributed by atoms with E-state index in [-0.39, 0.29) is 6.03 Å². The number of nitrogens with one attached hydrogen (secondary N) is 7. The molecular weight excluding hydrogens is 638 g/mol. The smallest absolute Gasteiger partial charge is 0.382 e. The molecule has 0 aliphatic carbocycles. The van der Waals surface area contributed by atoms with Crippen LogP contribution in [-0.2, 0) is 6.54 Å². The Kier molecular flexibility index (Phi) is 12.8. The number of nitriles is 1. The van der Waals surface area contributed by atoms with Crippen molar-refractivity contribution in [2.45, 2.75) is 12.7 Å². The first-order valence-corrected chi connectivity index (χ1v) is 14.6. The van der Waals surface area contributed by atoms with Gasteiger partial charge in [0.1, 0.15) is 23.0 Å². The molecule has 0 saturated heterocycles. The van der Waals surface area contributed by atoms with E-state index in [0.717, 1.165) is 16.9 Å². The topological polar surface area (TPSA) is 279 Å². The molecule has 50 heavy (non-hydrogen) atoms. The van der Waals surface area contributed by atoms with Crippen LogP contribution in [-0.4, -0.2) is 47.5 Å². The second-order valence-electron chi connectivity index (χ2n) is 9.83. The van der Waals surface area contributed by atoms with Gasteiger partial charge in [0.2, 0.25) is 0 Å². The number of hydrogen-bond acceptors (Lipinski definition) is 13. The Morgan fingerprint density at radius 2 is 1.36 bits per heavy atom. The molecule has 252 valence electrons. The van der Waals surface area contributed by atoms with Crippen molar-refractivity contribution in [2.75, 3.05) is 38.5 Å². The van der Waals surface area contributed by atoms with Crippen molar-refractivity contribution < 1.29 is 4.79 Å². The van der Waals surface area contributed by atoms with Crippen LogP contribution in [0.3, 0.4) is 0 Å². The number of aromatic nitrogens is 7. The number of benzene rings is 1. The highest BCUT2D eigenvalue weighted by Crippen LogP contribution is 2.28. The fourth-order valence-corrected chi connectivity index (χ4v) is 3.87. The van der Waals surface area contributed by atoms with Crippen LogP contribution in [0, 0.1) is 17.9 Å². The second-order valence-corrected chi connectivity index (χ2v) is 9.83. The van der Waals surface area contributed by atoms with Crippen LogP contribution < -0.4 is 43.8 Å². The Morgan fingerprint density at radius 1 is 0.800 bits per heavy atom. The monoisotopic (exact) mass is 671 g/mol. The molecule has 0 fully saturated rings. The van der Waals surface area contributed by atoms with Crippen molar-refractivity contribution in [3.05, 3.63) is 121 Å². The van der Waals surface area contributed by atoms with Gasteiger partial charge in [0.05, 0.1) is 35.7 Å². The van der Waals surface area contributed by atoms with Crippen molar-refractivity contribution in [3.8, 4) is 6.07 Å². The van der Waals surface area contributed by atoms with E-state index in [1.54, 1.807) is 55.4 Å². The minimum Gasteiger partial charge on any atom is -0.382 e. The molecule has 0 aliphatic rings. The molecular formula is C32H33N17O. The fraction of sp³-hybridized carbons (Fsp3) is 0.0625. The molecule has 5 aromatic heterocycles. The molecule has 0 spiro atoms. The summed E-state index contributed by atoms with van der Waals surface area (Å²) < 4.78 is 0. The van der Waals surface area contributed by atoms with Gasteiger partial charge in [0.15, 0.2) is 17.7 Å². The molecule has 1 unspecified atom stereocenters. The largest absolute Gasteiger partial charge is 0.383 e. The molecule has 0 radical (unpaired) electrons. The highest BCUT2D eigenvalue weighted by Gasteiger charge is 2.14. The number of nitrogen functional groups attached to an aromatic ring is 3. The summed E-state index contributed by atoms with van der Waals surface area (Å²) >= 11 is 0. The van der Waals surface area contributed by atoms with E-state index >= 15 is 0 Å². The van der Waals surface area contributed by atoms with Gasteiger partial charge in [-0.05, 0) is 42.0 Å². The summed E-state index contributed by atoms with van der Waals surface area (Å²) in [7, 11) is 0. The lowest BCUT2D eigenvalue weighted by molar-refractivity contribution is 0.251. The third-order valence-corrected chi connectivity index (χ3v) is 6.22. The number of H-pyrrole nitrogens is 2. The number of rotatable bonds is 9. The summed E-state index contributed by atoms with van der Waals surface area (Å²) in [5.74, 6) is 1.37. The lowest BCUT2D eigenvalue weighted by Crippen LogP contribution is -2.28. The number of nitrogens with zero attached hydrogens (tertiary/aromatic N) is 7. The van der Waals surface area contributed by atoms with Crippen LogP contribution in [0.25, 0.3) is 4.85 Å². The number of hydrogen-bond donors (Lipinski definition) is 10. The van der Waals surface area contributed by atoms with Gasteiger partial charge < -0.3 is 38.5 Å². The van der Waals surface area contributed by atoms with Crippen LogP contribution in [0.15, 0.2) is 104 Å². The van der Waals surface area contributed by atoms with E-state index in [0.29, 0.717) is 46.9 Å². The van der Waals surface area contributed by atoms with Gasteiger partial charge in [-0.15, -0.1) is 0 Å². The highest BCUT2D eigenvalue weighted by molar-refractivity contribution is 5.94. The van der Waals surface area contributed by atoms with Gasteiger partial charge in [-0.25, -0.2) is 11.4 Å². The summed E-state index contributed by atoms with van der Waals surface area (Å²) in [6, 6.07) is 21.8. The van der Waals surface area contributed by atoms with Crippen LogP contribution in [0.4, 0.5) is 56.5 Å². The number of urea groups is 1. The van der Waals surface area contributed by atoms with Gasteiger partial charge in [-0.1, -0.05) is 30.3 Å². The van der Waals surface area contributed by atoms with E-state index in [1.165, 1.54) is 0 Å². The molecule has 0 bridgehead atoms. The summed E-state index contributed by atoms with van der Waals surface area (Å²) in [5, 5.41) is 35.6. The number of anilines is 9. The van der Waals surface area contributed by atoms with Gasteiger partial charge in [-0.2, -0.15) is 15.5 Å². The van der Waals surface area contributed by atoms with Gasteiger partial charge in [0, 0.05) is 25.1 Å². The minimum atomic E-state index is -0.825. The number of amides is 2. The Hall–Kier alpha value is -7.86. The average Bonchev–Trinajstić information content (AvgIpc) is 3.66. The van der Waals surface area contributed by atoms with Crippen LogP contribution in [0.2, 0.25) is 0 Å². The Bertz CT molecular complexity index is 1950. The molecule has 13 N–H and O–H groups in total. The summed E-state index contributed by atoms with van der Waals surface area (Å²) in [6.07, 6.45) is 9.04. The Balaban J connectivity index is 0.000000184. The maximum absolute atomic E-state index is 12.0. The highest BCUT2D eigenvalue weighted by atomic mass is 16.2. The predicted molar refractivity (Wildman–Crippen MR) is 192 cm³/mol. The number of aromatic amines is 2. The Labute approximate surface area is 286 Å². The zero-order valence-electron chi connectivity index (χ0n) is 26.4. The van der Waals surface area contributed by atoms with E-state index in [2.05, 4.69) is 66.8 Å². The van der Waals surface area contributed by atoms with E-state index in [4.69, 9.17) is 29.0 Å². The van der Waals surface area contributed by atoms with Gasteiger partial charge in [0.25, 0.3) is 0 Å². The first-order chi connectivity index (χ1) is 24.4. The molecule has 2 amide bonds. The third kappa shape index (κ3) is 10.9. The van der Waals surface area contributed by atoms with Crippen molar-refractivity contribution in [2.24, 2.45) is 0 Å². The lowest BCUT2D eigenvalue weighted by Gasteiger charge is -2.09. The third-order valence-electron chi connectivity index (χ3n) is 6.22. The van der Waals surface area contributed by atoms with Crippen molar-refractivity contribution >= 4 is 57.7 Å². The first kappa shape index (κ1) is 35.0. The normalized spacial score (nSPS) is 10.3. The van der Waals surface area contributed by atoms with Crippen molar-refractivity contribution in [1.82, 2.24) is 40.7 Å². The molecule has 18 heteroatoms. The fourth-order valence-electron chi connectivity index (χ4n) is 3.87. The molecule has 6 rings (SSSR count). The lowest BCUT2D eigenvalue weighted by atomic mass is 10.2. The standard InChI is InChI=1S/C16H17N7O.C8H10N6.C8H6N4/c17-14-13(20-12-7-4-8-18-10-12)15(23-22-14)21-16(24)19-9-11-5-2-1-3-6-11;9-7-6(8(10)14-13-7)12-5-2-1-3-11-4-5;1-10-8(5-9)12-7-3-2-4-11-6-7/h1-8,10,20H,9H2,(H5,17,19,21,22,23,24);1-4,12H,(H5,9,10,13,14);2-4,6,8,12H. The van der Waals surface area contributed by atoms with Gasteiger partial charge >= 0.3 is 12.2 Å². The summed E-state index contributed by atoms with van der Waals surface area (Å²) in [4.78, 5) is 26.9. The molecule has 1 atom stereocenters. The maximum Gasteiger partial charge on any atom is 0.383 e. The molecule has 1 aromatic carbocycles. The van der Waals surface area contributed by atoms with Gasteiger partial charge in [-0.3, -0.25) is 35.3 Å². The number of pyridine rings is 3. The molecule has 0 aliphatic heterocycles. The number of nitrogens with two attached hydrogens (primary N) is 3. The van der Waals surface area contributed by atoms with Crippen LogP contribution >= 0.6 is 0 Å². The second kappa shape index (κ2) is 18.3. The Morgan fingerprint density at radius 3 is 1.88 bits per heavy atom. The quantitative estimate of drug-likeness (QED) is 0.0954. The number of carbonyl (C=O) groups is 1. The summed E-state index contributed by atoms with van der Waals surface area (Å²) in [5.41, 5.74) is 21.3. The van der Waals surface area contributed by atoms with Crippen LogP contribution in [0.5, 0.6) is 0 Å². The molecule has 5 heterocycles. The SMILES string of the molecule is Nc1[nH]nc(NC(=O)NCc2ccccc2)c1Nc1cccnc1.Nc1n[nH]c(N)c1Nc1cccnc1.[C-]#[N+]C(C#N)Nc1cccnc1. The zero-order chi connectivity index (χ0) is 35.6.